The smallest absolute Gasteiger partial charge is 0.187 e. The van der Waals surface area contributed by atoms with Crippen LogP contribution in [0.15, 0.2) is 0 Å². The Hall–Kier alpha value is -0.680. The van der Waals surface area contributed by atoms with Gasteiger partial charge in [0, 0.05) is 0 Å². The molecule has 86 valence electrons. The van der Waals surface area contributed by atoms with E-state index >= 15 is 0 Å². The third-order valence-corrected chi connectivity index (χ3v) is 2.18. The van der Waals surface area contributed by atoms with Crippen LogP contribution in [0.25, 0.3) is 0 Å². The Kier molecular flexibility index (Phi) is 4.47. The van der Waals surface area contributed by atoms with Gasteiger partial charge in [-0.15, -0.1) is 6.42 Å². The largest absolute Gasteiger partial charge is 0.394 e. The molecule has 1 rings (SSSR count). The van der Waals surface area contributed by atoms with E-state index in [2.05, 4.69) is 5.92 Å². The Labute approximate surface area is 87.1 Å². The first-order valence-electron chi connectivity index (χ1n) is 4.47. The number of rotatable bonds is 3. The predicted octanol–water partition coefficient (Wildman–Crippen LogP) is -2.56. The molecule has 1 heterocycles. The highest BCUT2D eigenvalue weighted by molar-refractivity contribution is 4.90. The van der Waals surface area contributed by atoms with Crippen LogP contribution < -0.4 is 0 Å². The van der Waals surface area contributed by atoms with E-state index in [4.69, 9.17) is 21.0 Å². The lowest BCUT2D eigenvalue weighted by molar-refractivity contribution is -0.298. The maximum atomic E-state index is 9.44. The third kappa shape index (κ3) is 2.66. The van der Waals surface area contributed by atoms with Gasteiger partial charge in [0.15, 0.2) is 6.29 Å². The summed E-state index contributed by atoms with van der Waals surface area (Å²) < 4.78 is 9.91. The van der Waals surface area contributed by atoms with E-state index in [1.165, 1.54) is 0 Å². The highest BCUT2D eigenvalue weighted by atomic mass is 16.7. The van der Waals surface area contributed by atoms with Crippen molar-refractivity contribution in [1.82, 2.24) is 0 Å². The van der Waals surface area contributed by atoms with Crippen LogP contribution in [0.1, 0.15) is 0 Å². The van der Waals surface area contributed by atoms with Gasteiger partial charge in [-0.2, -0.15) is 0 Å². The van der Waals surface area contributed by atoms with Crippen LogP contribution in [0, 0.1) is 12.3 Å². The summed E-state index contributed by atoms with van der Waals surface area (Å²) in [5.74, 6) is 2.17. The highest BCUT2D eigenvalue weighted by Gasteiger charge is 2.43. The van der Waals surface area contributed by atoms with Crippen LogP contribution in [0.2, 0.25) is 0 Å². The molecule has 0 saturated carbocycles. The first-order chi connectivity index (χ1) is 7.11. The predicted molar refractivity (Wildman–Crippen MR) is 48.6 cm³/mol. The van der Waals surface area contributed by atoms with Crippen LogP contribution in [0.5, 0.6) is 0 Å². The zero-order valence-electron chi connectivity index (χ0n) is 7.98. The number of hydrogen-bond acceptors (Lipinski definition) is 6. The van der Waals surface area contributed by atoms with E-state index in [0.717, 1.165) is 0 Å². The number of aliphatic hydroxyl groups is 4. The van der Waals surface area contributed by atoms with Gasteiger partial charge in [0.25, 0.3) is 0 Å². The van der Waals surface area contributed by atoms with Crippen LogP contribution in [0.4, 0.5) is 0 Å². The van der Waals surface area contributed by atoms with Gasteiger partial charge in [-0.3, -0.25) is 0 Å². The molecule has 0 aromatic heterocycles. The maximum absolute atomic E-state index is 9.44. The lowest BCUT2D eigenvalue weighted by Gasteiger charge is -2.39. The van der Waals surface area contributed by atoms with Crippen molar-refractivity contribution in [1.29, 1.82) is 0 Å². The van der Waals surface area contributed by atoms with Crippen molar-refractivity contribution in [3.63, 3.8) is 0 Å². The number of hydrogen-bond donors (Lipinski definition) is 4. The summed E-state index contributed by atoms with van der Waals surface area (Å²) in [7, 11) is 0. The van der Waals surface area contributed by atoms with Crippen LogP contribution in [-0.4, -0.2) is 64.3 Å². The zero-order valence-corrected chi connectivity index (χ0v) is 7.98. The second-order valence-corrected chi connectivity index (χ2v) is 3.21. The van der Waals surface area contributed by atoms with Gasteiger partial charge in [0.05, 0.1) is 6.61 Å². The van der Waals surface area contributed by atoms with E-state index in [1.807, 2.05) is 0 Å². The third-order valence-electron chi connectivity index (χ3n) is 2.18. The molecule has 1 aliphatic heterocycles. The molecular weight excluding hydrogens is 204 g/mol. The fourth-order valence-electron chi connectivity index (χ4n) is 1.34. The van der Waals surface area contributed by atoms with E-state index in [0.29, 0.717) is 0 Å². The highest BCUT2D eigenvalue weighted by Crippen LogP contribution is 2.21. The molecule has 0 bridgehead atoms. The number of aliphatic hydroxyl groups excluding tert-OH is 4. The molecule has 4 N–H and O–H groups in total. The molecule has 2 unspecified atom stereocenters. The SMILES string of the molecule is C#CCO[C@@H]1OC(CO)[C@@H](O)C(O)[C@@H]1O. The average Bonchev–Trinajstić information content (AvgIpc) is 2.25. The van der Waals surface area contributed by atoms with E-state index in [9.17, 15) is 15.3 Å². The molecule has 6 nitrogen and oxygen atoms in total. The quantitative estimate of drug-likeness (QED) is 0.389. The molecule has 0 aromatic carbocycles. The van der Waals surface area contributed by atoms with Crippen molar-refractivity contribution < 1.29 is 29.9 Å². The Balaban J connectivity index is 2.62. The normalized spacial score (nSPS) is 41.1. The fraction of sp³-hybridized carbons (Fsp3) is 0.778. The molecule has 0 aromatic rings. The molecular formula is C9H14O6. The summed E-state index contributed by atoms with van der Waals surface area (Å²) in [6.45, 7) is -0.580. The topological polar surface area (TPSA) is 99.4 Å². The number of ether oxygens (including phenoxy) is 2. The van der Waals surface area contributed by atoms with Gasteiger partial charge >= 0.3 is 0 Å². The van der Waals surface area contributed by atoms with Crippen LogP contribution >= 0.6 is 0 Å². The Morgan fingerprint density at radius 3 is 2.40 bits per heavy atom. The molecule has 1 aliphatic rings. The first-order valence-corrected chi connectivity index (χ1v) is 4.47. The van der Waals surface area contributed by atoms with E-state index in [-0.39, 0.29) is 6.61 Å². The zero-order chi connectivity index (χ0) is 11.4. The van der Waals surface area contributed by atoms with Gasteiger partial charge < -0.3 is 29.9 Å². The van der Waals surface area contributed by atoms with Gasteiger partial charge in [-0.25, -0.2) is 0 Å². The van der Waals surface area contributed by atoms with E-state index < -0.39 is 37.3 Å². The fourth-order valence-corrected chi connectivity index (χ4v) is 1.34. The molecule has 6 heteroatoms. The summed E-state index contributed by atoms with van der Waals surface area (Å²) in [5, 5.41) is 37.0. The minimum atomic E-state index is -1.43. The molecule has 0 radical (unpaired) electrons. The molecule has 0 spiro atoms. The Bertz CT molecular complexity index is 235. The monoisotopic (exact) mass is 218 g/mol. The van der Waals surface area contributed by atoms with Crippen molar-refractivity contribution in [2.75, 3.05) is 13.2 Å². The van der Waals surface area contributed by atoms with Crippen molar-refractivity contribution in [2.24, 2.45) is 0 Å². The van der Waals surface area contributed by atoms with Crippen LogP contribution in [-0.2, 0) is 9.47 Å². The van der Waals surface area contributed by atoms with Crippen molar-refractivity contribution in [2.45, 2.75) is 30.7 Å². The summed E-state index contributed by atoms with van der Waals surface area (Å²) in [6, 6.07) is 0. The molecule has 1 fully saturated rings. The van der Waals surface area contributed by atoms with Gasteiger partial charge in [0.2, 0.25) is 0 Å². The van der Waals surface area contributed by atoms with Crippen molar-refractivity contribution in [3.8, 4) is 12.3 Å². The summed E-state index contributed by atoms with van der Waals surface area (Å²) in [5.41, 5.74) is 0. The summed E-state index contributed by atoms with van der Waals surface area (Å²) in [4.78, 5) is 0. The van der Waals surface area contributed by atoms with Crippen molar-refractivity contribution in [3.05, 3.63) is 0 Å². The molecule has 5 atom stereocenters. The minimum absolute atomic E-state index is 0.0946. The molecule has 0 aliphatic carbocycles. The summed E-state index contributed by atoms with van der Waals surface area (Å²) >= 11 is 0. The molecule has 1 saturated heterocycles. The van der Waals surface area contributed by atoms with E-state index in [1.54, 1.807) is 0 Å². The van der Waals surface area contributed by atoms with Gasteiger partial charge in [-0.1, -0.05) is 5.92 Å². The van der Waals surface area contributed by atoms with Crippen molar-refractivity contribution >= 4 is 0 Å². The molecule has 15 heavy (non-hydrogen) atoms. The summed E-state index contributed by atoms with van der Waals surface area (Å²) in [6.07, 6.45) is -1.36. The Morgan fingerprint density at radius 1 is 1.20 bits per heavy atom. The lowest BCUT2D eigenvalue weighted by Crippen LogP contribution is -2.59. The number of terminal acetylenes is 1. The lowest BCUT2D eigenvalue weighted by atomic mass is 9.99. The first kappa shape index (κ1) is 12.4. The maximum Gasteiger partial charge on any atom is 0.187 e. The Morgan fingerprint density at radius 2 is 1.87 bits per heavy atom. The van der Waals surface area contributed by atoms with Gasteiger partial charge in [0.1, 0.15) is 31.0 Å². The van der Waals surface area contributed by atoms with Gasteiger partial charge in [-0.05, 0) is 0 Å². The second kappa shape index (κ2) is 5.42. The standard InChI is InChI=1S/C9H14O6/c1-2-3-14-9-8(13)7(12)6(11)5(4-10)15-9/h1,5-13H,3-4H2/t5?,6-,7?,8+,9-/m1/s1. The second-order valence-electron chi connectivity index (χ2n) is 3.21. The van der Waals surface area contributed by atoms with Crippen LogP contribution in [0.3, 0.4) is 0 Å². The molecule has 0 amide bonds. The minimum Gasteiger partial charge on any atom is -0.394 e. The average molecular weight is 218 g/mol.